The summed E-state index contributed by atoms with van der Waals surface area (Å²) in [6.45, 7) is 2.81. The van der Waals surface area contributed by atoms with Crippen molar-refractivity contribution in [1.29, 1.82) is 0 Å². The van der Waals surface area contributed by atoms with Gasteiger partial charge in [-0.25, -0.2) is 9.97 Å². The first-order valence-corrected chi connectivity index (χ1v) is 8.79. The summed E-state index contributed by atoms with van der Waals surface area (Å²) < 4.78 is 2.01. The fourth-order valence-corrected chi connectivity index (χ4v) is 3.51. The molecule has 1 aliphatic carbocycles. The van der Waals surface area contributed by atoms with Crippen molar-refractivity contribution in [2.75, 3.05) is 18.4 Å². The second-order valence-electron chi connectivity index (χ2n) is 6.63. The Balaban J connectivity index is 1.50. The zero-order chi connectivity index (χ0) is 17.1. The lowest BCUT2D eigenvalue weighted by atomic mass is 10.1. The highest BCUT2D eigenvalue weighted by Crippen LogP contribution is 2.23. The third kappa shape index (κ3) is 3.55. The van der Waals surface area contributed by atoms with E-state index in [-0.39, 0.29) is 11.8 Å². The summed E-state index contributed by atoms with van der Waals surface area (Å²) in [6.07, 6.45) is 10.3. The van der Waals surface area contributed by atoms with Crippen molar-refractivity contribution in [2.24, 2.45) is 5.92 Å². The van der Waals surface area contributed by atoms with Gasteiger partial charge < -0.3 is 10.2 Å². The number of amides is 1. The van der Waals surface area contributed by atoms with Crippen LogP contribution >= 0.6 is 0 Å². The Labute approximate surface area is 146 Å². The Morgan fingerprint density at radius 3 is 2.92 bits per heavy atom. The van der Waals surface area contributed by atoms with Gasteiger partial charge in [-0.15, -0.1) is 0 Å². The van der Waals surface area contributed by atoms with Crippen molar-refractivity contribution in [1.82, 2.24) is 24.6 Å². The van der Waals surface area contributed by atoms with E-state index in [1.165, 1.54) is 0 Å². The number of carbonyl (C=O) groups is 1. The lowest BCUT2D eigenvalue weighted by Gasteiger charge is -2.25. The van der Waals surface area contributed by atoms with Gasteiger partial charge in [0.05, 0.1) is 12.2 Å². The molecule has 0 bridgehead atoms. The van der Waals surface area contributed by atoms with Gasteiger partial charge in [-0.1, -0.05) is 6.08 Å². The summed E-state index contributed by atoms with van der Waals surface area (Å²) in [5.41, 5.74) is 2.05. The molecule has 0 unspecified atom stereocenters. The van der Waals surface area contributed by atoms with E-state index in [0.717, 1.165) is 37.1 Å². The molecule has 2 aliphatic rings. The van der Waals surface area contributed by atoms with E-state index in [1.54, 1.807) is 18.5 Å². The molecular weight excluding hydrogens is 316 g/mol. The number of nitrogens with one attached hydrogen (secondary N) is 1. The average Bonchev–Trinajstić information content (AvgIpc) is 3.29. The highest BCUT2D eigenvalue weighted by atomic mass is 16.2. The molecule has 0 spiro atoms. The average molecular weight is 338 g/mol. The van der Waals surface area contributed by atoms with Crippen LogP contribution < -0.4 is 5.32 Å². The van der Waals surface area contributed by atoms with Crippen molar-refractivity contribution in [3.8, 4) is 0 Å². The van der Waals surface area contributed by atoms with Gasteiger partial charge in [0, 0.05) is 49.7 Å². The molecule has 0 saturated carbocycles. The lowest BCUT2D eigenvalue weighted by molar-refractivity contribution is -0.128. The number of hydrogen-bond donors (Lipinski definition) is 1. The fraction of sp³-hybridized carbons (Fsp3) is 0.444. The van der Waals surface area contributed by atoms with Crippen LogP contribution in [0.4, 0.5) is 5.95 Å². The molecule has 1 aliphatic heterocycles. The first-order chi connectivity index (χ1) is 12.3. The van der Waals surface area contributed by atoms with E-state index in [1.807, 2.05) is 21.8 Å². The Morgan fingerprint density at radius 2 is 2.12 bits per heavy atom. The van der Waals surface area contributed by atoms with Crippen molar-refractivity contribution in [2.45, 2.75) is 32.4 Å². The predicted molar refractivity (Wildman–Crippen MR) is 93.6 cm³/mol. The van der Waals surface area contributed by atoms with Crippen LogP contribution in [0.1, 0.15) is 25.0 Å². The molecule has 1 amide bonds. The summed E-state index contributed by atoms with van der Waals surface area (Å²) in [4.78, 5) is 23.3. The minimum absolute atomic E-state index is 0.174. The molecule has 0 radical (unpaired) electrons. The number of fused-ring (bicyclic) bond motifs is 1. The van der Waals surface area contributed by atoms with Gasteiger partial charge >= 0.3 is 0 Å². The summed E-state index contributed by atoms with van der Waals surface area (Å²) in [5.74, 6) is 1.04. The molecule has 0 aromatic carbocycles. The van der Waals surface area contributed by atoms with Gasteiger partial charge in [0.15, 0.2) is 0 Å². The molecule has 0 fully saturated rings. The van der Waals surface area contributed by atoms with E-state index in [9.17, 15) is 4.79 Å². The maximum absolute atomic E-state index is 12.9. The second kappa shape index (κ2) is 7.04. The van der Waals surface area contributed by atoms with Gasteiger partial charge in [-0.2, -0.15) is 5.10 Å². The summed E-state index contributed by atoms with van der Waals surface area (Å²) >= 11 is 0. The second-order valence-corrected chi connectivity index (χ2v) is 6.63. The fourth-order valence-electron chi connectivity index (χ4n) is 3.51. The summed E-state index contributed by atoms with van der Waals surface area (Å²) in [6, 6.07) is 3.79. The number of anilines is 1. The maximum Gasteiger partial charge on any atom is 0.249 e. The zero-order valence-electron chi connectivity index (χ0n) is 14.1. The van der Waals surface area contributed by atoms with E-state index < -0.39 is 0 Å². The minimum Gasteiger partial charge on any atom is -0.354 e. The lowest BCUT2D eigenvalue weighted by Crippen LogP contribution is -2.36. The van der Waals surface area contributed by atoms with Crippen LogP contribution in [-0.4, -0.2) is 43.6 Å². The molecule has 7 heteroatoms. The van der Waals surface area contributed by atoms with E-state index in [4.69, 9.17) is 0 Å². The van der Waals surface area contributed by atoms with Gasteiger partial charge in [-0.05, 0) is 31.4 Å². The number of carbonyl (C=O) groups excluding carboxylic acids is 1. The maximum atomic E-state index is 12.9. The first kappa shape index (κ1) is 15.8. The normalized spacial score (nSPS) is 19.9. The van der Waals surface area contributed by atoms with Crippen LogP contribution in [0.25, 0.3) is 0 Å². The summed E-state index contributed by atoms with van der Waals surface area (Å²) in [5, 5.41) is 7.70. The van der Waals surface area contributed by atoms with Crippen LogP contribution in [0.15, 0.2) is 42.4 Å². The summed E-state index contributed by atoms with van der Waals surface area (Å²) in [7, 11) is 0. The smallest absolute Gasteiger partial charge is 0.249 e. The number of hydrogen-bond acceptors (Lipinski definition) is 5. The number of aromatic nitrogens is 4. The van der Waals surface area contributed by atoms with Gasteiger partial charge in [0.25, 0.3) is 0 Å². The molecule has 3 heterocycles. The third-order valence-electron chi connectivity index (χ3n) is 4.78. The molecule has 4 rings (SSSR count). The zero-order valence-corrected chi connectivity index (χ0v) is 14.1. The van der Waals surface area contributed by atoms with Crippen LogP contribution in [0.2, 0.25) is 0 Å². The van der Waals surface area contributed by atoms with Gasteiger partial charge in [-0.3, -0.25) is 9.48 Å². The minimum atomic E-state index is 0.174. The van der Waals surface area contributed by atoms with Crippen molar-refractivity contribution >= 4 is 11.9 Å². The Hall–Kier alpha value is -2.70. The van der Waals surface area contributed by atoms with Crippen molar-refractivity contribution in [3.05, 3.63) is 48.1 Å². The Bertz CT molecular complexity index is 769. The molecule has 1 N–H and O–H groups in total. The van der Waals surface area contributed by atoms with Gasteiger partial charge in [0.2, 0.25) is 11.9 Å². The van der Waals surface area contributed by atoms with E-state index in [2.05, 4.69) is 26.5 Å². The topological polar surface area (TPSA) is 75.9 Å². The van der Waals surface area contributed by atoms with Crippen LogP contribution in [0, 0.1) is 5.92 Å². The van der Waals surface area contributed by atoms with Crippen molar-refractivity contribution in [3.63, 3.8) is 0 Å². The van der Waals surface area contributed by atoms with Crippen molar-refractivity contribution < 1.29 is 4.79 Å². The SMILES string of the molecule is O=C(C1=CCCC1)N1Cc2ccnn2C[C@H](CNc2ncccn2)C1. The van der Waals surface area contributed by atoms with Gasteiger partial charge in [0.1, 0.15) is 0 Å². The quantitative estimate of drug-likeness (QED) is 0.921. The molecule has 2 aromatic rings. The largest absolute Gasteiger partial charge is 0.354 e. The molecule has 130 valence electrons. The Morgan fingerprint density at radius 1 is 1.24 bits per heavy atom. The van der Waals surface area contributed by atoms with E-state index >= 15 is 0 Å². The highest BCUT2D eigenvalue weighted by molar-refractivity contribution is 5.93. The number of rotatable bonds is 4. The monoisotopic (exact) mass is 338 g/mol. The van der Waals surface area contributed by atoms with E-state index in [0.29, 0.717) is 25.6 Å². The molecule has 2 aromatic heterocycles. The first-order valence-electron chi connectivity index (χ1n) is 8.79. The number of allylic oxidation sites excluding steroid dienone is 1. The van der Waals surface area contributed by atoms with Crippen LogP contribution in [-0.2, 0) is 17.9 Å². The standard InChI is InChI=1S/C18H22N6O/c25-17(15-4-1-2-5-15)23-11-14(10-21-18-19-7-3-8-20-18)12-24-16(13-23)6-9-22-24/h3-4,6-9,14H,1-2,5,10-13H2,(H,19,20,21)/t14-/m1/s1. The van der Waals surface area contributed by atoms with Crippen LogP contribution in [0.5, 0.6) is 0 Å². The predicted octanol–water partition coefficient (Wildman–Crippen LogP) is 1.85. The molecular formula is C18H22N6O. The molecule has 7 nitrogen and oxygen atoms in total. The molecule has 25 heavy (non-hydrogen) atoms. The van der Waals surface area contributed by atoms with Crippen LogP contribution in [0.3, 0.4) is 0 Å². The highest BCUT2D eigenvalue weighted by Gasteiger charge is 2.27. The number of nitrogens with zero attached hydrogens (tertiary/aromatic N) is 5. The Kier molecular flexibility index (Phi) is 4.45. The third-order valence-corrected chi connectivity index (χ3v) is 4.78. The molecule has 0 saturated heterocycles. The molecule has 1 atom stereocenters.